The maximum atomic E-state index is 10.8. The predicted octanol–water partition coefficient (Wildman–Crippen LogP) is 2.47. The first-order chi connectivity index (χ1) is 8.70. The Hall–Kier alpha value is -2.24. The summed E-state index contributed by atoms with van der Waals surface area (Å²) in [6, 6.07) is 3.94. The molecule has 6 nitrogen and oxygen atoms in total. The highest BCUT2D eigenvalue weighted by Gasteiger charge is 2.27. The van der Waals surface area contributed by atoms with Crippen molar-refractivity contribution < 1.29 is 14.6 Å². The molecule has 6 heteroatoms. The van der Waals surface area contributed by atoms with Crippen LogP contribution in [0.15, 0.2) is 18.3 Å². The quantitative estimate of drug-likeness (QED) is 0.873. The summed E-state index contributed by atoms with van der Waals surface area (Å²) in [7, 11) is 1.53. The van der Waals surface area contributed by atoms with Crippen molar-refractivity contribution >= 4 is 22.7 Å². The molecule has 1 aliphatic carbocycles. The van der Waals surface area contributed by atoms with Crippen molar-refractivity contribution in [2.75, 3.05) is 12.4 Å². The third-order valence-electron chi connectivity index (χ3n) is 3.05. The second-order valence-corrected chi connectivity index (χ2v) is 4.33. The molecule has 1 aromatic heterocycles. The minimum Gasteiger partial charge on any atom is -0.492 e. The lowest BCUT2D eigenvalue weighted by Gasteiger charge is -2.11. The summed E-state index contributed by atoms with van der Waals surface area (Å²) in [6.07, 6.45) is 2.89. The van der Waals surface area contributed by atoms with Gasteiger partial charge in [-0.2, -0.15) is 5.10 Å². The van der Waals surface area contributed by atoms with Gasteiger partial charge < -0.3 is 9.84 Å². The second-order valence-electron chi connectivity index (χ2n) is 4.33. The van der Waals surface area contributed by atoms with Crippen molar-refractivity contribution in [3.63, 3.8) is 0 Å². The van der Waals surface area contributed by atoms with Crippen LogP contribution in [0.2, 0.25) is 0 Å². The molecule has 1 aliphatic rings. The smallest absolute Gasteiger partial charge is 0.409 e. The van der Waals surface area contributed by atoms with Crippen LogP contribution in [0.4, 0.5) is 10.5 Å². The summed E-state index contributed by atoms with van der Waals surface area (Å²) in [6.45, 7) is 0. The van der Waals surface area contributed by atoms with Crippen molar-refractivity contribution in [3.8, 4) is 5.75 Å². The summed E-state index contributed by atoms with van der Waals surface area (Å²) in [5.41, 5.74) is 1.30. The Morgan fingerprint density at radius 2 is 2.33 bits per heavy atom. The number of carbonyl (C=O) groups is 1. The van der Waals surface area contributed by atoms with Gasteiger partial charge >= 0.3 is 6.09 Å². The fourth-order valence-corrected chi connectivity index (χ4v) is 2.13. The first kappa shape index (κ1) is 10.9. The van der Waals surface area contributed by atoms with Gasteiger partial charge in [0.25, 0.3) is 0 Å². The van der Waals surface area contributed by atoms with E-state index in [1.807, 2.05) is 10.7 Å². The first-order valence-corrected chi connectivity index (χ1v) is 5.75. The third-order valence-corrected chi connectivity index (χ3v) is 3.05. The molecule has 0 saturated heterocycles. The highest BCUT2D eigenvalue weighted by Crippen LogP contribution is 2.41. The van der Waals surface area contributed by atoms with Gasteiger partial charge in [0, 0.05) is 5.39 Å². The van der Waals surface area contributed by atoms with Gasteiger partial charge in [-0.05, 0) is 25.0 Å². The van der Waals surface area contributed by atoms with E-state index in [0.29, 0.717) is 17.5 Å². The maximum absolute atomic E-state index is 10.8. The van der Waals surface area contributed by atoms with E-state index >= 15 is 0 Å². The van der Waals surface area contributed by atoms with Crippen LogP contribution in [0, 0.1) is 0 Å². The van der Waals surface area contributed by atoms with Crippen LogP contribution in [-0.4, -0.2) is 28.1 Å². The summed E-state index contributed by atoms with van der Waals surface area (Å²) in [5.74, 6) is 0.527. The molecule has 0 unspecified atom stereocenters. The largest absolute Gasteiger partial charge is 0.492 e. The molecule has 1 aromatic carbocycles. The molecule has 18 heavy (non-hydrogen) atoms. The predicted molar refractivity (Wildman–Crippen MR) is 66.2 cm³/mol. The number of ether oxygens (including phenoxy) is 1. The number of hydrogen-bond donors (Lipinski definition) is 2. The molecule has 0 spiro atoms. The summed E-state index contributed by atoms with van der Waals surface area (Å²) >= 11 is 0. The lowest BCUT2D eigenvalue weighted by molar-refractivity contribution is 0.209. The molecule has 0 radical (unpaired) electrons. The number of fused-ring (bicyclic) bond motifs is 1. The van der Waals surface area contributed by atoms with Crippen molar-refractivity contribution in [3.05, 3.63) is 18.3 Å². The van der Waals surface area contributed by atoms with Gasteiger partial charge in [-0.1, -0.05) is 0 Å². The molecule has 1 amide bonds. The molecule has 3 rings (SSSR count). The van der Waals surface area contributed by atoms with E-state index in [-0.39, 0.29) is 0 Å². The van der Waals surface area contributed by atoms with Crippen LogP contribution < -0.4 is 10.1 Å². The Balaban J connectivity index is 2.19. The number of nitrogens with one attached hydrogen (secondary N) is 1. The van der Waals surface area contributed by atoms with Gasteiger partial charge in [0.05, 0.1) is 25.0 Å². The van der Waals surface area contributed by atoms with Gasteiger partial charge in [0.15, 0.2) is 5.75 Å². The number of amides is 1. The number of methoxy groups -OCH3 is 1. The SMILES string of the molecule is COc1c(NC(=O)O)ccc2cnn(C3CC3)c12. The van der Waals surface area contributed by atoms with Crippen LogP contribution >= 0.6 is 0 Å². The average Bonchev–Trinajstić information content (AvgIpc) is 3.09. The molecule has 1 fully saturated rings. The lowest BCUT2D eigenvalue weighted by atomic mass is 10.2. The standard InChI is InChI=1S/C12H13N3O3/c1-18-11-9(14-12(16)17)5-2-7-6-13-15(10(7)11)8-3-4-8/h2,5-6,8,14H,3-4H2,1H3,(H,16,17). The van der Waals surface area contributed by atoms with Crippen molar-refractivity contribution in [1.29, 1.82) is 0 Å². The van der Waals surface area contributed by atoms with E-state index in [4.69, 9.17) is 9.84 Å². The molecule has 0 atom stereocenters. The minimum absolute atomic E-state index is 0.413. The highest BCUT2D eigenvalue weighted by atomic mass is 16.5. The zero-order valence-electron chi connectivity index (χ0n) is 9.88. The minimum atomic E-state index is -1.11. The molecular formula is C12H13N3O3. The molecule has 94 valence electrons. The molecule has 1 saturated carbocycles. The number of carboxylic acid groups (broad SMARTS) is 1. The second kappa shape index (κ2) is 3.90. The average molecular weight is 247 g/mol. The fraction of sp³-hybridized carbons (Fsp3) is 0.333. The van der Waals surface area contributed by atoms with Crippen molar-refractivity contribution in [2.45, 2.75) is 18.9 Å². The van der Waals surface area contributed by atoms with E-state index in [1.54, 1.807) is 12.3 Å². The van der Waals surface area contributed by atoms with Crippen LogP contribution in [0.3, 0.4) is 0 Å². The Morgan fingerprint density at radius 3 is 2.94 bits per heavy atom. The summed E-state index contributed by atoms with van der Waals surface area (Å²) in [5, 5.41) is 16.5. The van der Waals surface area contributed by atoms with Gasteiger partial charge in [0.2, 0.25) is 0 Å². The normalized spacial score (nSPS) is 14.7. The number of hydrogen-bond acceptors (Lipinski definition) is 3. The molecular weight excluding hydrogens is 234 g/mol. The molecule has 2 N–H and O–H groups in total. The Bertz CT molecular complexity index is 616. The van der Waals surface area contributed by atoms with Gasteiger partial charge in [-0.3, -0.25) is 10.00 Å². The number of anilines is 1. The number of nitrogens with zero attached hydrogens (tertiary/aromatic N) is 2. The zero-order valence-corrected chi connectivity index (χ0v) is 9.88. The molecule has 2 aromatic rings. The third kappa shape index (κ3) is 1.66. The fourth-order valence-electron chi connectivity index (χ4n) is 2.13. The van der Waals surface area contributed by atoms with Crippen LogP contribution in [0.5, 0.6) is 5.75 Å². The van der Waals surface area contributed by atoms with E-state index in [2.05, 4.69) is 10.4 Å². The van der Waals surface area contributed by atoms with Crippen LogP contribution in [0.1, 0.15) is 18.9 Å². The summed E-state index contributed by atoms with van der Waals surface area (Å²) in [4.78, 5) is 10.8. The number of aromatic nitrogens is 2. The highest BCUT2D eigenvalue weighted by molar-refractivity contribution is 5.95. The van der Waals surface area contributed by atoms with Crippen molar-refractivity contribution in [2.24, 2.45) is 0 Å². The van der Waals surface area contributed by atoms with Gasteiger partial charge in [-0.15, -0.1) is 0 Å². The molecule has 0 aliphatic heterocycles. The van der Waals surface area contributed by atoms with E-state index in [1.165, 1.54) is 7.11 Å². The molecule has 1 heterocycles. The van der Waals surface area contributed by atoms with Crippen LogP contribution in [0.25, 0.3) is 10.9 Å². The van der Waals surface area contributed by atoms with Gasteiger partial charge in [-0.25, -0.2) is 4.79 Å². The van der Waals surface area contributed by atoms with Crippen LogP contribution in [-0.2, 0) is 0 Å². The van der Waals surface area contributed by atoms with Crippen molar-refractivity contribution in [1.82, 2.24) is 9.78 Å². The maximum Gasteiger partial charge on any atom is 0.409 e. The number of rotatable bonds is 3. The monoisotopic (exact) mass is 247 g/mol. The van der Waals surface area contributed by atoms with E-state index in [0.717, 1.165) is 23.7 Å². The van der Waals surface area contributed by atoms with E-state index in [9.17, 15) is 4.79 Å². The van der Waals surface area contributed by atoms with E-state index < -0.39 is 6.09 Å². The topological polar surface area (TPSA) is 76.4 Å². The van der Waals surface area contributed by atoms with Gasteiger partial charge in [0.1, 0.15) is 5.52 Å². The zero-order chi connectivity index (χ0) is 12.7. The lowest BCUT2D eigenvalue weighted by Crippen LogP contribution is -2.09. The Morgan fingerprint density at radius 1 is 1.56 bits per heavy atom. The first-order valence-electron chi connectivity index (χ1n) is 5.75. The Labute approximate surface area is 103 Å². The summed E-state index contributed by atoms with van der Waals surface area (Å²) < 4.78 is 7.27. The molecule has 0 bridgehead atoms. The number of benzene rings is 1. The Kier molecular flexibility index (Phi) is 2.36.